The minimum absolute atomic E-state index is 0.0522. The number of nitrogens with one attached hydrogen (secondary N) is 2. The number of amides is 3. The number of anilines is 1. The second kappa shape index (κ2) is 9.73. The Hall–Kier alpha value is -2.90. The van der Waals surface area contributed by atoms with Crippen LogP contribution < -0.4 is 20.5 Å². The molecule has 0 aromatic heterocycles. The molecule has 2 aromatic carbocycles. The summed E-state index contributed by atoms with van der Waals surface area (Å²) >= 11 is 5.95. The monoisotopic (exact) mass is 429 g/mol. The number of methoxy groups -OCH3 is 1. The molecule has 7 nitrogen and oxygen atoms in total. The maximum absolute atomic E-state index is 12.7. The van der Waals surface area contributed by atoms with Gasteiger partial charge in [0.1, 0.15) is 11.8 Å². The van der Waals surface area contributed by atoms with Crippen LogP contribution in [0, 0.1) is 0 Å². The Morgan fingerprint density at radius 1 is 1.20 bits per heavy atom. The largest absolute Gasteiger partial charge is 0.496 e. The number of aryl methyl sites for hydroxylation is 1. The van der Waals surface area contributed by atoms with Crippen LogP contribution in [-0.2, 0) is 16.0 Å². The summed E-state index contributed by atoms with van der Waals surface area (Å²) < 4.78 is 5.16. The van der Waals surface area contributed by atoms with Crippen molar-refractivity contribution in [2.24, 2.45) is 0 Å². The number of benzene rings is 2. The number of halogens is 1. The van der Waals surface area contributed by atoms with Crippen LogP contribution in [0.2, 0.25) is 5.02 Å². The van der Waals surface area contributed by atoms with E-state index in [2.05, 4.69) is 17.8 Å². The lowest BCUT2D eigenvalue weighted by molar-refractivity contribution is -0.121. The van der Waals surface area contributed by atoms with E-state index in [-0.39, 0.29) is 17.9 Å². The van der Waals surface area contributed by atoms with Crippen molar-refractivity contribution in [2.75, 3.05) is 12.0 Å². The van der Waals surface area contributed by atoms with Crippen molar-refractivity contribution in [1.82, 2.24) is 10.9 Å². The highest BCUT2D eigenvalue weighted by molar-refractivity contribution is 6.31. The molecule has 8 heteroatoms. The van der Waals surface area contributed by atoms with Crippen molar-refractivity contribution in [1.29, 1.82) is 0 Å². The van der Waals surface area contributed by atoms with E-state index < -0.39 is 17.9 Å². The number of carbonyl (C=O) groups excluding carboxylic acids is 3. The third kappa shape index (κ3) is 4.80. The van der Waals surface area contributed by atoms with Crippen LogP contribution in [0.15, 0.2) is 42.5 Å². The molecule has 0 aliphatic carbocycles. The summed E-state index contributed by atoms with van der Waals surface area (Å²) in [6.07, 6.45) is 3.10. The van der Waals surface area contributed by atoms with Crippen LogP contribution in [0.1, 0.15) is 42.1 Å². The van der Waals surface area contributed by atoms with Crippen molar-refractivity contribution < 1.29 is 19.1 Å². The van der Waals surface area contributed by atoms with E-state index in [1.807, 2.05) is 12.1 Å². The Bertz CT molecular complexity index is 946. The molecule has 1 unspecified atom stereocenters. The van der Waals surface area contributed by atoms with Gasteiger partial charge in [-0.1, -0.05) is 37.1 Å². The predicted octanol–water partition coefficient (Wildman–Crippen LogP) is 3.26. The lowest BCUT2D eigenvalue weighted by Crippen LogP contribution is -2.48. The Morgan fingerprint density at radius 3 is 2.60 bits per heavy atom. The molecule has 0 radical (unpaired) electrons. The Labute approximate surface area is 180 Å². The number of ether oxygens (including phenoxy) is 1. The van der Waals surface area contributed by atoms with Crippen LogP contribution in [-0.4, -0.2) is 30.9 Å². The highest BCUT2D eigenvalue weighted by atomic mass is 35.5. The summed E-state index contributed by atoms with van der Waals surface area (Å²) in [6.45, 7) is 2.13. The average Bonchev–Trinajstić information content (AvgIpc) is 3.04. The molecule has 1 fully saturated rings. The number of carbonyl (C=O) groups is 3. The highest BCUT2D eigenvalue weighted by Crippen LogP contribution is 2.24. The fraction of sp³-hybridized carbons (Fsp3) is 0.318. The van der Waals surface area contributed by atoms with E-state index in [1.54, 1.807) is 24.3 Å². The van der Waals surface area contributed by atoms with E-state index >= 15 is 0 Å². The average molecular weight is 430 g/mol. The summed E-state index contributed by atoms with van der Waals surface area (Å²) in [4.78, 5) is 38.8. The topological polar surface area (TPSA) is 87.7 Å². The lowest BCUT2D eigenvalue weighted by atomic mass is 10.1. The SMILES string of the molecule is CCCCc1ccc(N2C(=O)CC(NNC(=O)c3cc(Cl)ccc3OC)C2=O)cc1. The van der Waals surface area contributed by atoms with E-state index in [4.69, 9.17) is 16.3 Å². The normalized spacial score (nSPS) is 16.1. The molecule has 2 N–H and O–H groups in total. The molecule has 1 aliphatic heterocycles. The molecule has 3 amide bonds. The molecule has 1 aliphatic rings. The van der Waals surface area contributed by atoms with Crippen molar-refractivity contribution >= 4 is 35.0 Å². The van der Waals surface area contributed by atoms with Crippen molar-refractivity contribution in [3.8, 4) is 5.75 Å². The minimum Gasteiger partial charge on any atom is -0.496 e. The first-order valence-corrected chi connectivity index (χ1v) is 10.2. The number of imide groups is 1. The van der Waals surface area contributed by atoms with Crippen LogP contribution in [0.5, 0.6) is 5.75 Å². The van der Waals surface area contributed by atoms with Crippen molar-refractivity contribution in [3.05, 3.63) is 58.6 Å². The zero-order valence-electron chi connectivity index (χ0n) is 16.9. The van der Waals surface area contributed by atoms with Gasteiger partial charge in [-0.3, -0.25) is 19.8 Å². The van der Waals surface area contributed by atoms with Gasteiger partial charge in [0.2, 0.25) is 5.91 Å². The van der Waals surface area contributed by atoms with Gasteiger partial charge in [0.25, 0.3) is 11.8 Å². The molecular weight excluding hydrogens is 406 g/mol. The fourth-order valence-corrected chi connectivity index (χ4v) is 3.46. The third-order valence-electron chi connectivity index (χ3n) is 4.93. The van der Waals surface area contributed by atoms with E-state index in [1.165, 1.54) is 13.2 Å². The van der Waals surface area contributed by atoms with Gasteiger partial charge < -0.3 is 4.74 Å². The maximum Gasteiger partial charge on any atom is 0.269 e. The quantitative estimate of drug-likeness (QED) is 0.496. The van der Waals surface area contributed by atoms with Gasteiger partial charge in [0, 0.05) is 5.02 Å². The summed E-state index contributed by atoms with van der Waals surface area (Å²) in [7, 11) is 1.44. The molecule has 0 saturated carbocycles. The maximum atomic E-state index is 12.7. The van der Waals surface area contributed by atoms with Gasteiger partial charge in [0.05, 0.1) is 24.8 Å². The summed E-state index contributed by atoms with van der Waals surface area (Å²) in [6, 6.07) is 11.2. The first kappa shape index (κ1) is 21.8. The highest BCUT2D eigenvalue weighted by Gasteiger charge is 2.39. The standard InChI is InChI=1S/C22H24ClN3O4/c1-3-4-5-14-6-9-16(10-7-14)26-20(27)13-18(22(26)29)24-25-21(28)17-12-15(23)8-11-19(17)30-2/h6-12,18,24H,3-5,13H2,1-2H3,(H,25,28). The summed E-state index contributed by atoms with van der Waals surface area (Å²) in [5, 5.41) is 0.377. The van der Waals surface area contributed by atoms with Gasteiger partial charge in [-0.2, -0.15) is 0 Å². The zero-order chi connectivity index (χ0) is 21.7. The molecule has 0 spiro atoms. The van der Waals surface area contributed by atoms with Crippen LogP contribution in [0.4, 0.5) is 5.69 Å². The number of hydrogen-bond acceptors (Lipinski definition) is 5. The van der Waals surface area contributed by atoms with Gasteiger partial charge >= 0.3 is 0 Å². The number of unbranched alkanes of at least 4 members (excludes halogenated alkanes) is 1. The molecule has 2 aromatic rings. The van der Waals surface area contributed by atoms with Gasteiger partial charge in [-0.25, -0.2) is 10.3 Å². The van der Waals surface area contributed by atoms with Gasteiger partial charge in [0.15, 0.2) is 0 Å². The molecule has 1 heterocycles. The number of hydrazine groups is 1. The Morgan fingerprint density at radius 2 is 1.93 bits per heavy atom. The van der Waals surface area contributed by atoms with Gasteiger partial charge in [-0.15, -0.1) is 0 Å². The van der Waals surface area contributed by atoms with Gasteiger partial charge in [-0.05, 0) is 48.7 Å². The molecule has 1 saturated heterocycles. The van der Waals surface area contributed by atoms with Crippen LogP contribution in [0.25, 0.3) is 0 Å². The summed E-state index contributed by atoms with van der Waals surface area (Å²) in [5.41, 5.74) is 7.04. The Balaban J connectivity index is 1.65. The number of hydrogen-bond donors (Lipinski definition) is 2. The lowest BCUT2D eigenvalue weighted by Gasteiger charge is -2.17. The van der Waals surface area contributed by atoms with Crippen molar-refractivity contribution in [3.63, 3.8) is 0 Å². The fourth-order valence-electron chi connectivity index (χ4n) is 3.29. The number of nitrogens with zero attached hydrogens (tertiary/aromatic N) is 1. The zero-order valence-corrected chi connectivity index (χ0v) is 17.7. The first-order valence-electron chi connectivity index (χ1n) is 9.79. The molecule has 30 heavy (non-hydrogen) atoms. The predicted molar refractivity (Wildman–Crippen MR) is 115 cm³/mol. The minimum atomic E-state index is -0.855. The molecule has 158 valence electrons. The third-order valence-corrected chi connectivity index (χ3v) is 5.16. The van der Waals surface area contributed by atoms with Crippen LogP contribution >= 0.6 is 11.6 Å². The van der Waals surface area contributed by atoms with E-state index in [0.29, 0.717) is 16.5 Å². The van der Waals surface area contributed by atoms with E-state index in [9.17, 15) is 14.4 Å². The second-order valence-electron chi connectivity index (χ2n) is 7.04. The molecule has 3 rings (SSSR count). The summed E-state index contributed by atoms with van der Waals surface area (Å²) in [5.74, 6) is -0.918. The van der Waals surface area contributed by atoms with E-state index in [0.717, 1.165) is 29.7 Å². The smallest absolute Gasteiger partial charge is 0.269 e. The Kier molecular flexibility index (Phi) is 7.07. The van der Waals surface area contributed by atoms with Crippen LogP contribution in [0.3, 0.4) is 0 Å². The second-order valence-corrected chi connectivity index (χ2v) is 7.47. The number of rotatable bonds is 8. The molecular formula is C22H24ClN3O4. The molecule has 1 atom stereocenters. The van der Waals surface area contributed by atoms with Crippen molar-refractivity contribution in [2.45, 2.75) is 38.6 Å². The molecule has 0 bridgehead atoms. The first-order chi connectivity index (χ1) is 14.4.